The number of halogens is 1. The van der Waals surface area contributed by atoms with Crippen LogP contribution in [-0.2, 0) is 0 Å². The van der Waals surface area contributed by atoms with E-state index in [-0.39, 0.29) is 0 Å². The van der Waals surface area contributed by atoms with Crippen LogP contribution in [0.2, 0.25) is 0 Å². The van der Waals surface area contributed by atoms with Crippen molar-refractivity contribution in [3.8, 4) is 5.69 Å². The zero-order valence-electron chi connectivity index (χ0n) is 11.4. The zero-order valence-corrected chi connectivity index (χ0v) is 13.8. The summed E-state index contributed by atoms with van der Waals surface area (Å²) in [6, 6.07) is 6.10. The first-order valence-corrected chi connectivity index (χ1v) is 7.76. The molecule has 0 N–H and O–H groups in total. The number of rotatable bonds is 3. The molecule has 0 saturated carbocycles. The van der Waals surface area contributed by atoms with E-state index < -0.39 is 0 Å². The summed E-state index contributed by atoms with van der Waals surface area (Å²) in [6.07, 6.45) is 3.39. The van der Waals surface area contributed by atoms with E-state index in [9.17, 15) is 0 Å². The van der Waals surface area contributed by atoms with Gasteiger partial charge in [-0.25, -0.2) is 9.97 Å². The van der Waals surface area contributed by atoms with E-state index in [0.29, 0.717) is 10.3 Å². The average molecular weight is 363 g/mol. The summed E-state index contributed by atoms with van der Waals surface area (Å²) in [5.74, 6) is 0. The largest absolute Gasteiger partial charge is 0.230 e. The molecule has 6 nitrogen and oxygen atoms in total. The quantitative estimate of drug-likeness (QED) is 0.667. The summed E-state index contributed by atoms with van der Waals surface area (Å²) < 4.78 is 2.52. The van der Waals surface area contributed by atoms with Crippen molar-refractivity contribution in [3.63, 3.8) is 0 Å². The van der Waals surface area contributed by atoms with E-state index in [2.05, 4.69) is 67.4 Å². The molecule has 0 unspecified atom stereocenters. The molecule has 0 saturated heterocycles. The van der Waals surface area contributed by atoms with Gasteiger partial charge in [-0.05, 0) is 75.2 Å². The Kier molecular flexibility index (Phi) is 3.98. The van der Waals surface area contributed by atoms with E-state index in [4.69, 9.17) is 0 Å². The topological polar surface area (TPSA) is 69.4 Å². The molecule has 2 heterocycles. The molecule has 0 amide bonds. The smallest absolute Gasteiger partial charge is 0.221 e. The SMILES string of the molecule is Cc1ccc(-n2nnnc2Sc2ncc(Br)cn2)cc1C. The monoisotopic (exact) mass is 362 g/mol. The van der Waals surface area contributed by atoms with Gasteiger partial charge in [0.15, 0.2) is 5.16 Å². The van der Waals surface area contributed by atoms with Gasteiger partial charge >= 0.3 is 0 Å². The second-order valence-corrected chi connectivity index (χ2v) is 6.28. The Morgan fingerprint density at radius 1 is 1.10 bits per heavy atom. The fourth-order valence-electron chi connectivity index (χ4n) is 1.70. The van der Waals surface area contributed by atoms with Gasteiger partial charge in [-0.3, -0.25) is 0 Å². The highest BCUT2D eigenvalue weighted by molar-refractivity contribution is 9.10. The summed E-state index contributed by atoms with van der Waals surface area (Å²) in [7, 11) is 0. The van der Waals surface area contributed by atoms with Crippen molar-refractivity contribution in [2.45, 2.75) is 24.2 Å². The van der Waals surface area contributed by atoms with E-state index in [1.807, 2.05) is 6.07 Å². The number of hydrogen-bond donors (Lipinski definition) is 0. The van der Waals surface area contributed by atoms with E-state index >= 15 is 0 Å². The van der Waals surface area contributed by atoms with Crippen LogP contribution in [-0.4, -0.2) is 30.2 Å². The van der Waals surface area contributed by atoms with Gasteiger partial charge in [0.05, 0.1) is 10.2 Å². The predicted octanol–water partition coefficient (Wildman–Crippen LogP) is 2.98. The molecule has 0 atom stereocenters. The first kappa shape index (κ1) is 14.2. The molecule has 0 aliphatic heterocycles. The molecule has 0 spiro atoms. The van der Waals surface area contributed by atoms with Crippen molar-refractivity contribution >= 4 is 27.7 Å². The van der Waals surface area contributed by atoms with E-state index in [0.717, 1.165) is 10.2 Å². The Labute approximate surface area is 134 Å². The second kappa shape index (κ2) is 5.90. The molecule has 3 aromatic rings. The molecule has 106 valence electrons. The normalized spacial score (nSPS) is 10.8. The molecule has 8 heteroatoms. The maximum Gasteiger partial charge on any atom is 0.221 e. The fourth-order valence-corrected chi connectivity index (χ4v) is 2.58. The molecule has 2 aromatic heterocycles. The Morgan fingerprint density at radius 2 is 1.86 bits per heavy atom. The minimum absolute atomic E-state index is 0.595. The maximum absolute atomic E-state index is 4.22. The van der Waals surface area contributed by atoms with Crippen LogP contribution in [0.5, 0.6) is 0 Å². The number of aromatic nitrogens is 6. The highest BCUT2D eigenvalue weighted by Gasteiger charge is 2.12. The predicted molar refractivity (Wildman–Crippen MR) is 82.5 cm³/mol. The Bertz CT molecular complexity index is 771. The van der Waals surface area contributed by atoms with Gasteiger partial charge in [0.25, 0.3) is 0 Å². The molecular formula is C13H11BrN6S. The average Bonchev–Trinajstić information content (AvgIpc) is 2.92. The molecule has 0 fully saturated rings. The number of benzene rings is 1. The standard InChI is InChI=1S/C13H11BrN6S/c1-8-3-4-11(5-9(8)2)20-13(17-18-19-20)21-12-15-6-10(14)7-16-12/h3-7H,1-2H3. The molecular weight excluding hydrogens is 352 g/mol. The van der Waals surface area contributed by atoms with Crippen LogP contribution in [0.1, 0.15) is 11.1 Å². The lowest BCUT2D eigenvalue weighted by molar-refractivity contribution is 0.753. The van der Waals surface area contributed by atoms with Gasteiger partial charge in [-0.1, -0.05) is 6.07 Å². The van der Waals surface area contributed by atoms with Gasteiger partial charge in [0, 0.05) is 12.4 Å². The molecule has 0 bridgehead atoms. The Hall–Kier alpha value is -1.80. The van der Waals surface area contributed by atoms with Crippen LogP contribution in [0, 0.1) is 13.8 Å². The second-order valence-electron chi connectivity index (χ2n) is 4.43. The third-order valence-electron chi connectivity index (χ3n) is 2.96. The zero-order chi connectivity index (χ0) is 14.8. The first-order valence-electron chi connectivity index (χ1n) is 6.15. The summed E-state index contributed by atoms with van der Waals surface area (Å²) in [6.45, 7) is 4.14. The van der Waals surface area contributed by atoms with Crippen LogP contribution in [0.15, 0.2) is 45.4 Å². The lowest BCUT2D eigenvalue weighted by Gasteiger charge is -2.06. The van der Waals surface area contributed by atoms with Crippen molar-refractivity contribution in [1.82, 2.24) is 30.2 Å². The minimum atomic E-state index is 0.595. The van der Waals surface area contributed by atoms with Crippen molar-refractivity contribution in [1.29, 1.82) is 0 Å². The molecule has 1 aromatic carbocycles. The fraction of sp³-hybridized carbons (Fsp3) is 0.154. The third-order valence-corrected chi connectivity index (χ3v) is 4.20. The van der Waals surface area contributed by atoms with Crippen molar-refractivity contribution in [3.05, 3.63) is 46.2 Å². The molecule has 0 aliphatic rings. The number of nitrogens with zero attached hydrogens (tertiary/aromatic N) is 6. The van der Waals surface area contributed by atoms with E-state index in [1.165, 1.54) is 22.9 Å². The van der Waals surface area contributed by atoms with Crippen LogP contribution >= 0.6 is 27.7 Å². The highest BCUT2D eigenvalue weighted by Crippen LogP contribution is 2.24. The summed E-state index contributed by atoms with van der Waals surface area (Å²) in [5.41, 5.74) is 3.35. The summed E-state index contributed by atoms with van der Waals surface area (Å²) >= 11 is 4.63. The minimum Gasteiger partial charge on any atom is -0.230 e. The van der Waals surface area contributed by atoms with E-state index in [1.54, 1.807) is 17.1 Å². The lowest BCUT2D eigenvalue weighted by atomic mass is 10.1. The van der Waals surface area contributed by atoms with Crippen molar-refractivity contribution < 1.29 is 0 Å². The first-order chi connectivity index (χ1) is 10.1. The lowest BCUT2D eigenvalue weighted by Crippen LogP contribution is -2.00. The summed E-state index contributed by atoms with van der Waals surface area (Å²) in [5, 5.41) is 13.0. The van der Waals surface area contributed by atoms with Crippen LogP contribution in [0.25, 0.3) is 5.69 Å². The van der Waals surface area contributed by atoms with Gasteiger partial charge in [-0.15, -0.1) is 5.10 Å². The number of tetrazole rings is 1. The molecule has 3 rings (SSSR count). The van der Waals surface area contributed by atoms with Crippen LogP contribution in [0.4, 0.5) is 0 Å². The maximum atomic E-state index is 4.22. The molecule has 21 heavy (non-hydrogen) atoms. The van der Waals surface area contributed by atoms with Gasteiger partial charge in [-0.2, -0.15) is 4.68 Å². The molecule has 0 radical (unpaired) electrons. The molecule has 0 aliphatic carbocycles. The number of aryl methyl sites for hydroxylation is 2. The highest BCUT2D eigenvalue weighted by atomic mass is 79.9. The van der Waals surface area contributed by atoms with Crippen LogP contribution < -0.4 is 0 Å². The van der Waals surface area contributed by atoms with Gasteiger partial charge < -0.3 is 0 Å². The van der Waals surface area contributed by atoms with Gasteiger partial charge in [0.1, 0.15) is 0 Å². The number of hydrogen-bond acceptors (Lipinski definition) is 6. The van der Waals surface area contributed by atoms with Crippen LogP contribution in [0.3, 0.4) is 0 Å². The summed E-state index contributed by atoms with van der Waals surface area (Å²) in [4.78, 5) is 8.43. The van der Waals surface area contributed by atoms with Gasteiger partial charge in [0.2, 0.25) is 5.16 Å². The Morgan fingerprint density at radius 3 is 2.57 bits per heavy atom. The third kappa shape index (κ3) is 3.11. The Balaban J connectivity index is 1.93. The van der Waals surface area contributed by atoms with Crippen molar-refractivity contribution in [2.75, 3.05) is 0 Å². The van der Waals surface area contributed by atoms with Crippen molar-refractivity contribution in [2.24, 2.45) is 0 Å².